The summed E-state index contributed by atoms with van der Waals surface area (Å²) in [5, 5.41) is 2.10. The highest BCUT2D eigenvalue weighted by Gasteiger charge is 2.16. The van der Waals surface area contributed by atoms with Gasteiger partial charge in [0.15, 0.2) is 6.54 Å². The molecule has 2 amide bonds. The fraction of sp³-hybridized carbons (Fsp3) is 0.529. The molecule has 6 heteroatoms. The highest BCUT2D eigenvalue weighted by Crippen LogP contribution is 2.15. The standard InChI is InChI=1S/C17H24BrN3O2/c18-15-11-7-6-10-14(15)17(23)21-20-16(22)12-19-13-8-4-2-1-3-5-9-13/h6-7,10-11,13,19H,1-5,8-9,12H2,(H,20,22)(H,21,23)/p+1. The van der Waals surface area contributed by atoms with Crippen molar-refractivity contribution >= 4 is 27.7 Å². The van der Waals surface area contributed by atoms with Gasteiger partial charge in [0.25, 0.3) is 11.8 Å². The third kappa shape index (κ3) is 6.31. The number of rotatable bonds is 4. The number of nitrogens with one attached hydrogen (secondary N) is 2. The average Bonchev–Trinajstić information content (AvgIpc) is 2.52. The van der Waals surface area contributed by atoms with Crippen molar-refractivity contribution in [3.63, 3.8) is 0 Å². The number of hydrazine groups is 1. The Morgan fingerprint density at radius 3 is 2.39 bits per heavy atom. The molecule has 1 saturated carbocycles. The molecule has 4 N–H and O–H groups in total. The van der Waals surface area contributed by atoms with Gasteiger partial charge < -0.3 is 5.32 Å². The molecule has 1 aliphatic rings. The molecule has 1 aromatic carbocycles. The molecule has 0 aromatic heterocycles. The minimum Gasteiger partial charge on any atom is -0.336 e. The Bertz CT molecular complexity index is 528. The van der Waals surface area contributed by atoms with E-state index < -0.39 is 0 Å². The van der Waals surface area contributed by atoms with Crippen molar-refractivity contribution in [2.45, 2.75) is 51.0 Å². The summed E-state index contributed by atoms with van der Waals surface area (Å²) in [5.41, 5.74) is 5.44. The third-order valence-corrected chi connectivity index (χ3v) is 4.91. The van der Waals surface area contributed by atoms with Crippen LogP contribution in [0.15, 0.2) is 28.7 Å². The van der Waals surface area contributed by atoms with E-state index in [2.05, 4.69) is 32.1 Å². The average molecular weight is 383 g/mol. The predicted molar refractivity (Wildman–Crippen MR) is 92.7 cm³/mol. The number of halogens is 1. The number of carbonyl (C=O) groups is 2. The van der Waals surface area contributed by atoms with Crippen molar-refractivity contribution in [1.29, 1.82) is 0 Å². The SMILES string of the molecule is O=C(C[NH2+]C1CCCCCCC1)NNC(=O)c1ccccc1Br. The van der Waals surface area contributed by atoms with E-state index in [0.29, 0.717) is 22.6 Å². The first-order valence-corrected chi connectivity index (χ1v) is 9.13. The third-order valence-electron chi connectivity index (χ3n) is 4.22. The van der Waals surface area contributed by atoms with E-state index in [1.165, 1.54) is 44.9 Å². The van der Waals surface area contributed by atoms with Gasteiger partial charge >= 0.3 is 0 Å². The normalized spacial score (nSPS) is 16.2. The molecular formula is C17H25BrN3O2+. The van der Waals surface area contributed by atoms with Gasteiger partial charge in [-0.05, 0) is 53.7 Å². The van der Waals surface area contributed by atoms with Gasteiger partial charge in [-0.25, -0.2) is 0 Å². The number of hydrogen-bond acceptors (Lipinski definition) is 2. The highest BCUT2D eigenvalue weighted by molar-refractivity contribution is 9.10. The number of nitrogens with two attached hydrogens (primary N) is 1. The lowest BCUT2D eigenvalue weighted by molar-refractivity contribution is -0.680. The molecule has 0 heterocycles. The second-order valence-corrected chi connectivity index (χ2v) is 6.88. The number of benzene rings is 1. The van der Waals surface area contributed by atoms with E-state index in [0.717, 1.165) is 0 Å². The van der Waals surface area contributed by atoms with Crippen molar-refractivity contribution in [3.8, 4) is 0 Å². The zero-order chi connectivity index (χ0) is 16.5. The quantitative estimate of drug-likeness (QED) is 0.695. The molecule has 0 aliphatic heterocycles. The number of hydrogen-bond donors (Lipinski definition) is 3. The molecule has 0 atom stereocenters. The van der Waals surface area contributed by atoms with E-state index in [1.54, 1.807) is 18.2 Å². The molecule has 0 saturated heterocycles. The van der Waals surface area contributed by atoms with E-state index in [9.17, 15) is 9.59 Å². The van der Waals surface area contributed by atoms with E-state index in [-0.39, 0.29) is 11.8 Å². The molecule has 23 heavy (non-hydrogen) atoms. The molecule has 0 bridgehead atoms. The van der Waals surface area contributed by atoms with Crippen molar-refractivity contribution in [3.05, 3.63) is 34.3 Å². The van der Waals surface area contributed by atoms with Crippen LogP contribution in [0.2, 0.25) is 0 Å². The summed E-state index contributed by atoms with van der Waals surface area (Å²) in [6.45, 7) is 0.348. The van der Waals surface area contributed by atoms with Crippen LogP contribution in [0, 0.1) is 0 Å². The molecule has 1 aromatic rings. The predicted octanol–water partition coefficient (Wildman–Crippen LogP) is 1.89. The van der Waals surface area contributed by atoms with Crippen molar-refractivity contribution in [1.82, 2.24) is 10.9 Å². The van der Waals surface area contributed by atoms with E-state index in [1.807, 2.05) is 6.07 Å². The van der Waals surface area contributed by atoms with Crippen LogP contribution in [0.3, 0.4) is 0 Å². The van der Waals surface area contributed by atoms with Crippen LogP contribution in [0.5, 0.6) is 0 Å². The first-order chi connectivity index (χ1) is 11.2. The van der Waals surface area contributed by atoms with Gasteiger partial charge in [0, 0.05) is 4.47 Å². The Balaban J connectivity index is 1.70. The summed E-state index contributed by atoms with van der Waals surface area (Å²) in [6.07, 6.45) is 8.81. The van der Waals surface area contributed by atoms with Gasteiger partial charge in [-0.3, -0.25) is 20.4 Å². The Morgan fingerprint density at radius 2 is 1.70 bits per heavy atom. The molecule has 1 fully saturated rings. The van der Waals surface area contributed by atoms with Crippen LogP contribution in [-0.4, -0.2) is 24.4 Å². The number of amides is 2. The van der Waals surface area contributed by atoms with E-state index >= 15 is 0 Å². The lowest BCUT2D eigenvalue weighted by Gasteiger charge is -2.18. The molecule has 5 nitrogen and oxygen atoms in total. The van der Waals surface area contributed by atoms with Gasteiger partial charge in [-0.2, -0.15) is 0 Å². The minimum atomic E-state index is -0.322. The summed E-state index contributed by atoms with van der Waals surface area (Å²) in [7, 11) is 0. The van der Waals surface area contributed by atoms with Crippen LogP contribution in [-0.2, 0) is 4.79 Å². The fourth-order valence-corrected chi connectivity index (χ4v) is 3.35. The smallest absolute Gasteiger partial charge is 0.293 e. The largest absolute Gasteiger partial charge is 0.336 e. The first-order valence-electron chi connectivity index (χ1n) is 8.34. The maximum absolute atomic E-state index is 12.0. The van der Waals surface area contributed by atoms with Gasteiger partial charge in [0.2, 0.25) is 0 Å². The van der Waals surface area contributed by atoms with Crippen molar-refractivity contribution < 1.29 is 14.9 Å². The summed E-state index contributed by atoms with van der Waals surface area (Å²) in [5.74, 6) is -0.496. The molecular weight excluding hydrogens is 358 g/mol. The zero-order valence-corrected chi connectivity index (χ0v) is 14.9. The molecule has 1 aliphatic carbocycles. The highest BCUT2D eigenvalue weighted by atomic mass is 79.9. The summed E-state index contributed by atoms with van der Waals surface area (Å²) in [6, 6.07) is 7.64. The fourth-order valence-electron chi connectivity index (χ4n) is 2.89. The van der Waals surface area contributed by atoms with Gasteiger partial charge in [-0.1, -0.05) is 31.4 Å². The zero-order valence-electron chi connectivity index (χ0n) is 13.3. The summed E-state index contributed by atoms with van der Waals surface area (Å²) >= 11 is 3.32. The van der Waals surface area contributed by atoms with Crippen molar-refractivity contribution in [2.24, 2.45) is 0 Å². The Labute approximate surface area is 145 Å². The van der Waals surface area contributed by atoms with Gasteiger partial charge in [0.05, 0.1) is 11.6 Å². The van der Waals surface area contributed by atoms with Crippen LogP contribution in [0.25, 0.3) is 0 Å². The molecule has 0 unspecified atom stereocenters. The lowest BCUT2D eigenvalue weighted by Crippen LogP contribution is -2.92. The van der Waals surface area contributed by atoms with Gasteiger partial charge in [-0.15, -0.1) is 0 Å². The van der Waals surface area contributed by atoms with Crippen LogP contribution < -0.4 is 16.2 Å². The molecule has 2 rings (SSSR count). The van der Waals surface area contributed by atoms with Crippen LogP contribution in [0.1, 0.15) is 55.3 Å². The maximum Gasteiger partial charge on any atom is 0.293 e. The summed E-state index contributed by atoms with van der Waals surface area (Å²) < 4.78 is 0.702. The molecule has 0 spiro atoms. The minimum absolute atomic E-state index is 0.174. The van der Waals surface area contributed by atoms with Crippen LogP contribution in [0.4, 0.5) is 0 Å². The lowest BCUT2D eigenvalue weighted by atomic mass is 9.97. The topological polar surface area (TPSA) is 74.8 Å². The Hall–Kier alpha value is -1.40. The molecule has 0 radical (unpaired) electrons. The number of quaternary nitrogens is 1. The van der Waals surface area contributed by atoms with Gasteiger partial charge in [0.1, 0.15) is 0 Å². The Morgan fingerprint density at radius 1 is 1.04 bits per heavy atom. The van der Waals surface area contributed by atoms with E-state index in [4.69, 9.17) is 0 Å². The second-order valence-electron chi connectivity index (χ2n) is 6.03. The second kappa shape index (κ2) is 9.67. The van der Waals surface area contributed by atoms with Crippen LogP contribution >= 0.6 is 15.9 Å². The number of carbonyl (C=O) groups excluding carboxylic acids is 2. The molecule has 126 valence electrons. The Kier molecular flexibility index (Phi) is 7.55. The first kappa shape index (κ1) is 17.9. The monoisotopic (exact) mass is 382 g/mol. The summed E-state index contributed by atoms with van der Waals surface area (Å²) in [4.78, 5) is 23.9. The van der Waals surface area contributed by atoms with Crippen molar-refractivity contribution in [2.75, 3.05) is 6.54 Å². The maximum atomic E-state index is 12.0.